The van der Waals surface area contributed by atoms with Crippen molar-refractivity contribution in [1.82, 2.24) is 10.3 Å². The number of benzene rings is 2. The monoisotopic (exact) mass is 354 g/mol. The van der Waals surface area contributed by atoms with Gasteiger partial charge in [0, 0.05) is 12.8 Å². The summed E-state index contributed by atoms with van der Waals surface area (Å²) in [7, 11) is 0. The van der Waals surface area contributed by atoms with Gasteiger partial charge in [-0.3, -0.25) is 4.79 Å². The molecule has 1 aliphatic heterocycles. The van der Waals surface area contributed by atoms with Gasteiger partial charge in [0.15, 0.2) is 11.5 Å². The van der Waals surface area contributed by atoms with Crippen molar-refractivity contribution in [1.29, 1.82) is 0 Å². The van der Waals surface area contributed by atoms with E-state index in [2.05, 4.69) is 16.4 Å². The average molecular weight is 354 g/mol. The lowest BCUT2D eigenvalue weighted by Crippen LogP contribution is -2.26. The molecule has 1 N–H and O–H groups in total. The smallest absolute Gasteiger partial charge is 0.231 e. The fourth-order valence-corrected chi connectivity index (χ4v) is 3.79. The molecule has 1 unspecified atom stereocenters. The minimum absolute atomic E-state index is 0.0180. The fraction of sp³-hybridized carbons (Fsp3) is 0.263. The SMILES string of the molecule is CC(NC(=O)CCc1nc2ccccc2s1)c1ccc2c(c1)OCO2. The second-order valence-electron chi connectivity index (χ2n) is 5.98. The van der Waals surface area contributed by atoms with Crippen LogP contribution in [0, 0.1) is 0 Å². The van der Waals surface area contributed by atoms with E-state index in [1.165, 1.54) is 0 Å². The summed E-state index contributed by atoms with van der Waals surface area (Å²) in [5.41, 5.74) is 1.99. The van der Waals surface area contributed by atoms with Gasteiger partial charge in [-0.25, -0.2) is 4.98 Å². The molecule has 0 spiro atoms. The predicted molar refractivity (Wildman–Crippen MR) is 97.1 cm³/mol. The molecule has 2 heterocycles. The van der Waals surface area contributed by atoms with Crippen molar-refractivity contribution in [3.63, 3.8) is 0 Å². The number of fused-ring (bicyclic) bond motifs is 2. The van der Waals surface area contributed by atoms with E-state index in [0.717, 1.165) is 32.3 Å². The van der Waals surface area contributed by atoms with Gasteiger partial charge < -0.3 is 14.8 Å². The molecule has 0 aliphatic carbocycles. The molecule has 5 nitrogen and oxygen atoms in total. The molecule has 1 aliphatic rings. The summed E-state index contributed by atoms with van der Waals surface area (Å²) in [6.07, 6.45) is 1.08. The lowest BCUT2D eigenvalue weighted by atomic mass is 10.1. The quantitative estimate of drug-likeness (QED) is 0.756. The van der Waals surface area contributed by atoms with Crippen LogP contribution in [0.15, 0.2) is 42.5 Å². The summed E-state index contributed by atoms with van der Waals surface area (Å²) in [5.74, 6) is 1.50. The van der Waals surface area contributed by atoms with E-state index in [0.29, 0.717) is 12.8 Å². The third kappa shape index (κ3) is 3.44. The average Bonchev–Trinajstić information content (AvgIpc) is 3.25. The summed E-state index contributed by atoms with van der Waals surface area (Å²) in [5, 5.41) is 4.03. The highest BCUT2D eigenvalue weighted by atomic mass is 32.1. The number of carbonyl (C=O) groups is 1. The van der Waals surface area contributed by atoms with Crippen LogP contribution in [0.5, 0.6) is 11.5 Å². The number of hydrogen-bond acceptors (Lipinski definition) is 5. The molecule has 128 valence electrons. The van der Waals surface area contributed by atoms with Crippen LogP contribution in [-0.2, 0) is 11.2 Å². The van der Waals surface area contributed by atoms with Gasteiger partial charge in [-0.1, -0.05) is 18.2 Å². The maximum Gasteiger partial charge on any atom is 0.231 e. The van der Waals surface area contributed by atoms with Gasteiger partial charge in [-0.15, -0.1) is 11.3 Å². The molecule has 2 aromatic carbocycles. The minimum Gasteiger partial charge on any atom is -0.454 e. The van der Waals surface area contributed by atoms with E-state index in [1.807, 2.05) is 43.3 Å². The zero-order valence-electron chi connectivity index (χ0n) is 13.8. The molecule has 1 atom stereocenters. The van der Waals surface area contributed by atoms with Crippen LogP contribution in [-0.4, -0.2) is 17.7 Å². The maximum atomic E-state index is 12.3. The summed E-state index contributed by atoms with van der Waals surface area (Å²) >= 11 is 1.65. The molecule has 1 amide bonds. The number of amides is 1. The second kappa shape index (κ2) is 6.72. The van der Waals surface area contributed by atoms with Gasteiger partial charge in [0.05, 0.1) is 21.3 Å². The molecular weight excluding hydrogens is 336 g/mol. The highest BCUT2D eigenvalue weighted by molar-refractivity contribution is 7.18. The number of carbonyl (C=O) groups excluding carboxylic acids is 1. The van der Waals surface area contributed by atoms with Gasteiger partial charge >= 0.3 is 0 Å². The number of rotatable bonds is 5. The number of hydrogen-bond donors (Lipinski definition) is 1. The molecule has 0 bridgehead atoms. The minimum atomic E-state index is -0.0858. The van der Waals surface area contributed by atoms with E-state index < -0.39 is 0 Å². The summed E-state index contributed by atoms with van der Waals surface area (Å²) in [6, 6.07) is 13.7. The first kappa shape index (κ1) is 15.9. The zero-order chi connectivity index (χ0) is 17.2. The Hall–Kier alpha value is -2.60. The Balaban J connectivity index is 1.35. The number of para-hydroxylation sites is 1. The second-order valence-corrected chi connectivity index (χ2v) is 7.09. The first-order valence-corrected chi connectivity index (χ1v) is 9.04. The van der Waals surface area contributed by atoms with Gasteiger partial charge in [0.2, 0.25) is 12.7 Å². The first-order valence-electron chi connectivity index (χ1n) is 8.22. The number of nitrogens with zero attached hydrogens (tertiary/aromatic N) is 1. The van der Waals surface area contributed by atoms with Crippen LogP contribution in [0.3, 0.4) is 0 Å². The van der Waals surface area contributed by atoms with Crippen LogP contribution >= 0.6 is 11.3 Å². The summed E-state index contributed by atoms with van der Waals surface area (Å²) in [4.78, 5) is 16.8. The van der Waals surface area contributed by atoms with E-state index in [4.69, 9.17) is 9.47 Å². The van der Waals surface area contributed by atoms with Crippen molar-refractivity contribution in [2.24, 2.45) is 0 Å². The van der Waals surface area contributed by atoms with Crippen LogP contribution in [0.1, 0.15) is 30.0 Å². The molecule has 1 aromatic heterocycles. The molecule has 0 saturated carbocycles. The normalized spacial score (nSPS) is 13.8. The first-order chi connectivity index (χ1) is 12.2. The Morgan fingerprint density at radius 1 is 1.24 bits per heavy atom. The molecule has 0 saturated heterocycles. The summed E-state index contributed by atoms with van der Waals surface area (Å²) < 4.78 is 11.9. The van der Waals surface area contributed by atoms with Crippen molar-refractivity contribution >= 4 is 27.5 Å². The van der Waals surface area contributed by atoms with Gasteiger partial charge in [-0.05, 0) is 36.8 Å². The standard InChI is InChI=1S/C19H18N2O3S/c1-12(13-6-7-15-16(10-13)24-11-23-15)20-18(22)8-9-19-21-14-4-2-3-5-17(14)25-19/h2-7,10,12H,8-9,11H2,1H3,(H,20,22). The molecule has 0 fully saturated rings. The topological polar surface area (TPSA) is 60.5 Å². The van der Waals surface area contributed by atoms with Crippen molar-refractivity contribution in [3.05, 3.63) is 53.0 Å². The molecule has 4 rings (SSSR count). The van der Waals surface area contributed by atoms with E-state index in [9.17, 15) is 4.79 Å². The van der Waals surface area contributed by atoms with Crippen LogP contribution < -0.4 is 14.8 Å². The Labute approximate surface area is 149 Å². The third-order valence-electron chi connectivity index (χ3n) is 4.18. The van der Waals surface area contributed by atoms with Crippen LogP contribution in [0.2, 0.25) is 0 Å². The number of thiazole rings is 1. The number of aryl methyl sites for hydroxylation is 1. The molecule has 3 aromatic rings. The van der Waals surface area contributed by atoms with Gasteiger partial charge in [0.1, 0.15) is 0 Å². The van der Waals surface area contributed by atoms with Crippen LogP contribution in [0.25, 0.3) is 10.2 Å². The summed E-state index contributed by atoms with van der Waals surface area (Å²) in [6.45, 7) is 2.22. The fourth-order valence-electron chi connectivity index (χ4n) is 2.83. The lowest BCUT2D eigenvalue weighted by Gasteiger charge is -2.14. The Morgan fingerprint density at radius 3 is 2.96 bits per heavy atom. The molecular formula is C19H18N2O3S. The van der Waals surface area contributed by atoms with Crippen molar-refractivity contribution in [2.45, 2.75) is 25.8 Å². The van der Waals surface area contributed by atoms with Gasteiger partial charge in [-0.2, -0.15) is 0 Å². The number of ether oxygens (including phenoxy) is 2. The highest BCUT2D eigenvalue weighted by Gasteiger charge is 2.17. The maximum absolute atomic E-state index is 12.3. The van der Waals surface area contributed by atoms with Crippen molar-refractivity contribution in [2.75, 3.05) is 6.79 Å². The van der Waals surface area contributed by atoms with E-state index >= 15 is 0 Å². The molecule has 0 radical (unpaired) electrons. The van der Waals surface area contributed by atoms with Crippen molar-refractivity contribution < 1.29 is 14.3 Å². The molecule has 25 heavy (non-hydrogen) atoms. The van der Waals surface area contributed by atoms with Gasteiger partial charge in [0.25, 0.3) is 0 Å². The van der Waals surface area contributed by atoms with E-state index in [1.54, 1.807) is 11.3 Å². The van der Waals surface area contributed by atoms with E-state index in [-0.39, 0.29) is 18.7 Å². The molecule has 6 heteroatoms. The Morgan fingerprint density at radius 2 is 2.08 bits per heavy atom. The van der Waals surface area contributed by atoms with Crippen molar-refractivity contribution in [3.8, 4) is 11.5 Å². The van der Waals surface area contributed by atoms with Crippen LogP contribution in [0.4, 0.5) is 0 Å². The Bertz CT molecular complexity index is 889. The number of nitrogens with one attached hydrogen (secondary N) is 1. The largest absolute Gasteiger partial charge is 0.454 e. The highest BCUT2D eigenvalue weighted by Crippen LogP contribution is 2.34. The zero-order valence-corrected chi connectivity index (χ0v) is 14.6. The third-order valence-corrected chi connectivity index (χ3v) is 5.27. The lowest BCUT2D eigenvalue weighted by molar-refractivity contribution is -0.121. The number of aromatic nitrogens is 1. The predicted octanol–water partition coefficient (Wildman–Crippen LogP) is 3.84. The Kier molecular flexibility index (Phi) is 4.28.